The Morgan fingerprint density at radius 3 is 1.22 bits per heavy atom. The normalized spacial score (nSPS) is 10.9. The van der Waals surface area contributed by atoms with Gasteiger partial charge in [0.2, 0.25) is 5.82 Å². The van der Waals surface area contributed by atoms with Gasteiger partial charge in [-0.1, -0.05) is 180 Å². The Morgan fingerprint density at radius 1 is 0.330 bits per heavy atom. The second-order valence-corrected chi connectivity index (χ2v) is 23.5. The topological polar surface area (TPSA) is 281 Å². The van der Waals surface area contributed by atoms with Crippen LogP contribution in [0.5, 0.6) is 17.2 Å². The number of benzene rings is 9. The van der Waals surface area contributed by atoms with Crippen molar-refractivity contribution < 1.29 is 28.6 Å². The van der Waals surface area contributed by atoms with Crippen molar-refractivity contribution in [2.45, 2.75) is 64.8 Å². The second kappa shape index (κ2) is 32.5. The molecule has 6 heterocycles. The molecule has 3 N–H and O–H groups in total. The third kappa shape index (κ3) is 18.2. The molecule has 21 nitrogen and oxygen atoms in total. The van der Waals surface area contributed by atoms with Crippen LogP contribution in [0.2, 0.25) is 0 Å². The minimum absolute atomic E-state index is 0.0372. The fourth-order valence-corrected chi connectivity index (χ4v) is 11.0. The summed E-state index contributed by atoms with van der Waals surface area (Å²) >= 11 is 0. The van der Waals surface area contributed by atoms with Crippen molar-refractivity contribution in [3.8, 4) is 28.6 Å². The highest BCUT2D eigenvalue weighted by atomic mass is 16.5. The van der Waals surface area contributed by atoms with Crippen LogP contribution in [0.15, 0.2) is 255 Å². The van der Waals surface area contributed by atoms with E-state index >= 15 is 0 Å². The van der Waals surface area contributed by atoms with Gasteiger partial charge in [-0.2, -0.15) is 15.6 Å². The molecule has 0 saturated heterocycles. The first-order valence-electron chi connectivity index (χ1n) is 32.5. The number of aromatic nitrogens is 15. The Morgan fingerprint density at radius 2 is 0.750 bits per heavy atom. The van der Waals surface area contributed by atoms with E-state index in [1.165, 1.54) is 5.56 Å². The van der Waals surface area contributed by atoms with E-state index < -0.39 is 0 Å². The summed E-state index contributed by atoms with van der Waals surface area (Å²) in [7, 11) is 0. The summed E-state index contributed by atoms with van der Waals surface area (Å²) in [6, 6.07) is 81.4. The molecule has 9 aromatic carbocycles. The summed E-state index contributed by atoms with van der Waals surface area (Å²) < 4.78 is 17.7. The van der Waals surface area contributed by atoms with Crippen molar-refractivity contribution in [3.05, 3.63) is 328 Å². The van der Waals surface area contributed by atoms with Crippen molar-refractivity contribution in [3.63, 3.8) is 0 Å². The average molecular weight is 1320 g/mol. The van der Waals surface area contributed by atoms with Crippen molar-refractivity contribution in [1.29, 1.82) is 0 Å². The van der Waals surface area contributed by atoms with E-state index in [1.54, 1.807) is 24.3 Å². The zero-order valence-electron chi connectivity index (χ0n) is 54.1. The molecule has 0 aliphatic rings. The summed E-state index contributed by atoms with van der Waals surface area (Å²) in [6.07, 6.45) is 4.22. The molecule has 15 rings (SSSR count). The molecule has 0 atom stereocenters. The van der Waals surface area contributed by atoms with Crippen LogP contribution in [-0.2, 0) is 58.3 Å². The number of hydrogen-bond donors (Lipinski definition) is 3. The Hall–Kier alpha value is -13.2. The van der Waals surface area contributed by atoms with Crippen LogP contribution in [0.1, 0.15) is 94.0 Å². The first-order chi connectivity index (χ1) is 49.2. The van der Waals surface area contributed by atoms with Gasteiger partial charge in [0, 0.05) is 70.5 Å². The second-order valence-electron chi connectivity index (χ2n) is 23.5. The zero-order chi connectivity index (χ0) is 68.1. The summed E-state index contributed by atoms with van der Waals surface area (Å²) in [5.41, 5.74) is 13.2. The summed E-state index contributed by atoms with van der Waals surface area (Å²) in [5.74, 6) is 4.02. The number of carbonyl (C=O) groups excluding carboxylic acids is 3. The predicted molar refractivity (Wildman–Crippen MR) is 377 cm³/mol. The van der Waals surface area contributed by atoms with Crippen LogP contribution in [0.25, 0.3) is 44.1 Å². The number of H-pyrrole nitrogens is 3. The number of ether oxygens (including phenoxy) is 3. The van der Waals surface area contributed by atoms with E-state index in [-0.39, 0.29) is 17.3 Å². The number of carbonyl (C=O) groups is 3. The number of hydrogen-bond acceptors (Lipinski definition) is 18. The average Bonchev–Trinajstić information content (AvgIpc) is 1.34. The predicted octanol–water partition coefficient (Wildman–Crippen LogP) is 13.7. The van der Waals surface area contributed by atoms with Gasteiger partial charge in [-0.05, 0) is 131 Å². The van der Waals surface area contributed by atoms with Crippen LogP contribution >= 0.6 is 0 Å². The van der Waals surface area contributed by atoms with Gasteiger partial charge in [0.05, 0.1) is 33.6 Å². The van der Waals surface area contributed by atoms with Gasteiger partial charge in [-0.3, -0.25) is 14.4 Å². The molecular weight excluding hydrogens is 1250 g/mol. The van der Waals surface area contributed by atoms with Crippen molar-refractivity contribution in [1.82, 2.24) is 76.8 Å². The molecule has 0 unspecified atom stereocenters. The SMILES string of the molecule is O=C(Cc1ccc(-c2nn[nH]n2)cc1)c1ccc(OCc2ccc3ccccc3n2)cc1.O=C(Cc1ccc(CCCc2nn[nH]n2)cc1)c1cccc(OCc2ccc3ccccc3n2)c1.O=C(Cc1ccc(Cc2nn[nH]n2)cc1)c1cccc(OCc2ccc3ccccc3n2)c1. The van der Waals surface area contributed by atoms with E-state index in [0.717, 1.165) is 103 Å². The van der Waals surface area contributed by atoms with Gasteiger partial charge < -0.3 is 14.2 Å². The molecule has 0 saturated carbocycles. The molecule has 0 amide bonds. The minimum Gasteiger partial charge on any atom is -0.487 e. The van der Waals surface area contributed by atoms with Crippen LogP contribution in [0, 0.1) is 0 Å². The number of Topliss-reactive ketones (excluding diaryl/α,β-unsaturated/α-hetero) is 3. The first kappa shape index (κ1) is 65.5. The molecular formula is C79H65N15O6. The third-order valence-electron chi connectivity index (χ3n) is 16.3. The van der Waals surface area contributed by atoms with Crippen LogP contribution < -0.4 is 14.2 Å². The van der Waals surface area contributed by atoms with Crippen molar-refractivity contribution in [2.75, 3.05) is 0 Å². The standard InChI is InChI=1S/C28H25N5O2.C26H21N5O2.C25H19N5O2/c34-27(17-21-13-11-20(12-14-21)5-3-10-28-30-32-33-31-28)23-7-4-8-25(18-23)35-19-24-16-15-22-6-1-2-9-26(22)29-24;32-25(14-18-8-10-19(11-9-18)15-26-28-30-31-29-26)21-5-3-6-23(16-21)33-17-22-13-12-20-4-1-2-7-24(20)27-22;31-24(15-17-5-7-20(8-6-17)25-27-29-30-28-25)19-10-13-22(14-11-19)32-16-21-12-9-18-3-1-2-4-23(18)26-21/h1-2,4,6-9,11-16,18H,3,5,10,17,19H2,(H,30,31,32,33);1-13,16H,14-15,17H2,(H,28,29,30,31);1-14H,15-16H2,(H,27,28,29,30). The Balaban J connectivity index is 0.000000135. The summed E-state index contributed by atoms with van der Waals surface area (Å²) in [6.45, 7) is 1.05. The van der Waals surface area contributed by atoms with Crippen molar-refractivity contribution >= 4 is 50.1 Å². The molecule has 0 bridgehead atoms. The summed E-state index contributed by atoms with van der Waals surface area (Å²) in [5, 5.41) is 45.1. The number of aromatic amines is 3. The number of para-hydroxylation sites is 3. The van der Waals surface area contributed by atoms with E-state index in [4.69, 9.17) is 14.2 Å². The van der Waals surface area contributed by atoms with E-state index in [2.05, 4.69) is 89.0 Å². The van der Waals surface area contributed by atoms with E-state index in [1.807, 2.05) is 218 Å². The molecule has 0 radical (unpaired) electrons. The molecule has 0 aliphatic carbocycles. The zero-order valence-corrected chi connectivity index (χ0v) is 54.1. The molecule has 492 valence electrons. The number of nitrogens with zero attached hydrogens (tertiary/aromatic N) is 12. The highest BCUT2D eigenvalue weighted by Crippen LogP contribution is 2.24. The summed E-state index contributed by atoms with van der Waals surface area (Å²) in [4.78, 5) is 52.2. The Labute approximate surface area is 574 Å². The lowest BCUT2D eigenvalue weighted by molar-refractivity contribution is 0.0984. The lowest BCUT2D eigenvalue weighted by Crippen LogP contribution is -2.05. The van der Waals surface area contributed by atoms with Gasteiger partial charge in [-0.15, -0.1) is 30.6 Å². The number of fused-ring (bicyclic) bond motifs is 3. The maximum atomic E-state index is 12.9. The highest BCUT2D eigenvalue weighted by molar-refractivity contribution is 5.99. The Kier molecular flexibility index (Phi) is 21.3. The van der Waals surface area contributed by atoms with Crippen LogP contribution in [0.3, 0.4) is 0 Å². The molecule has 6 aromatic heterocycles. The largest absolute Gasteiger partial charge is 0.487 e. The maximum absolute atomic E-state index is 12.9. The number of rotatable bonds is 25. The quantitative estimate of drug-likeness (QED) is 0.0448. The van der Waals surface area contributed by atoms with Crippen molar-refractivity contribution in [2.24, 2.45) is 0 Å². The monoisotopic (exact) mass is 1320 g/mol. The number of tetrazole rings is 3. The lowest BCUT2D eigenvalue weighted by atomic mass is 10.0. The number of ketones is 3. The Bertz CT molecular complexity index is 5180. The minimum atomic E-state index is 0.0372. The van der Waals surface area contributed by atoms with Crippen LogP contribution in [0.4, 0.5) is 0 Å². The number of pyridine rings is 3. The molecule has 15 aromatic rings. The molecule has 21 heteroatoms. The van der Waals surface area contributed by atoms with Crippen LogP contribution in [-0.4, -0.2) is 94.2 Å². The van der Waals surface area contributed by atoms with E-state index in [0.29, 0.717) is 91.1 Å². The van der Waals surface area contributed by atoms with Gasteiger partial charge in [0.1, 0.15) is 37.1 Å². The molecule has 0 spiro atoms. The molecule has 100 heavy (non-hydrogen) atoms. The van der Waals surface area contributed by atoms with Gasteiger partial charge >= 0.3 is 0 Å². The highest BCUT2D eigenvalue weighted by Gasteiger charge is 2.14. The lowest BCUT2D eigenvalue weighted by Gasteiger charge is -2.09. The molecule has 0 fully saturated rings. The van der Waals surface area contributed by atoms with Gasteiger partial charge in [0.25, 0.3) is 0 Å². The smallest absolute Gasteiger partial charge is 0.204 e. The third-order valence-corrected chi connectivity index (χ3v) is 16.3. The molecule has 0 aliphatic heterocycles. The fraction of sp³-hybridized carbons (Fsp3) is 0.127. The maximum Gasteiger partial charge on any atom is 0.204 e. The number of nitrogens with one attached hydrogen (secondary N) is 3. The van der Waals surface area contributed by atoms with Gasteiger partial charge in [0.15, 0.2) is 29.0 Å². The number of aryl methyl sites for hydroxylation is 2. The van der Waals surface area contributed by atoms with E-state index in [9.17, 15) is 14.4 Å². The van der Waals surface area contributed by atoms with Gasteiger partial charge in [-0.25, -0.2) is 15.0 Å². The fourth-order valence-electron chi connectivity index (χ4n) is 11.0. The first-order valence-corrected chi connectivity index (χ1v) is 32.5.